The summed E-state index contributed by atoms with van der Waals surface area (Å²) in [6.07, 6.45) is 0. The molecule has 0 nitrogen and oxygen atoms in total. The van der Waals surface area contributed by atoms with Gasteiger partial charge >= 0.3 is 151 Å². The number of hydrogen-bond acceptors (Lipinski definition) is 0. The molecular weight excluding hydrogens is 319 g/mol. The Morgan fingerprint density at radius 2 is 1.20 bits per heavy atom. The molecule has 126 valence electrons. The predicted molar refractivity (Wildman–Crippen MR) is 117 cm³/mol. The van der Waals surface area contributed by atoms with Crippen LogP contribution in [-0.4, -0.2) is 20.0 Å². The fourth-order valence-electron chi connectivity index (χ4n) is 3.69. The van der Waals surface area contributed by atoms with Crippen molar-refractivity contribution in [2.24, 2.45) is 0 Å². The Morgan fingerprint density at radius 1 is 0.640 bits per heavy atom. The van der Waals surface area contributed by atoms with Crippen LogP contribution in [0.5, 0.6) is 0 Å². The molecule has 0 bridgehead atoms. The van der Waals surface area contributed by atoms with Crippen molar-refractivity contribution in [2.75, 3.05) is 20.0 Å². The fourth-order valence-corrected chi connectivity index (χ4v) is 4.93. The monoisotopic (exact) mass is 344 g/mol. The van der Waals surface area contributed by atoms with Crippen molar-refractivity contribution < 1.29 is 0 Å². The van der Waals surface area contributed by atoms with Gasteiger partial charge in [-0.05, 0) is 0 Å². The van der Waals surface area contributed by atoms with Crippen LogP contribution in [0.4, 0.5) is 0 Å². The summed E-state index contributed by atoms with van der Waals surface area (Å²) in [5.74, 6) is 0. The normalized spacial score (nSPS) is 12.6. The minimum absolute atomic E-state index is 1.31. The van der Waals surface area contributed by atoms with Gasteiger partial charge in [0.2, 0.25) is 0 Å². The molecule has 0 radical (unpaired) electrons. The molecule has 0 unspecified atom stereocenters. The second-order valence-electron chi connectivity index (χ2n) is 8.03. The number of benzene rings is 4. The number of rotatable bonds is 2. The van der Waals surface area contributed by atoms with Crippen molar-refractivity contribution >= 4 is 34.1 Å². The van der Waals surface area contributed by atoms with Crippen molar-refractivity contribution in [3.05, 3.63) is 78.4 Å². The van der Waals surface area contributed by atoms with E-state index in [4.69, 9.17) is 0 Å². The molecule has 0 amide bonds. The molecule has 0 spiro atoms. The number of aryl methyl sites for hydroxylation is 1. The van der Waals surface area contributed by atoms with E-state index < -0.39 is 7.26 Å². The summed E-state index contributed by atoms with van der Waals surface area (Å²) in [5, 5.41) is 6.83. The Bertz CT molecular complexity index is 1030. The third-order valence-corrected chi connectivity index (χ3v) is 7.02. The standard InChI is InChI=1S/C24H25P/c1-17-13-20(16-21(14-17)25(2,3)4)24-22-11-7-5-9-18(22)15-19-10-6-8-12-23(19)24/h5-16,25H,1-4H3. The zero-order valence-corrected chi connectivity index (χ0v) is 16.4. The quantitative estimate of drug-likeness (QED) is 0.298. The van der Waals surface area contributed by atoms with E-state index in [2.05, 4.69) is 99.7 Å². The van der Waals surface area contributed by atoms with Crippen LogP contribution in [0.1, 0.15) is 5.56 Å². The van der Waals surface area contributed by atoms with Crippen LogP contribution in [0.3, 0.4) is 0 Å². The van der Waals surface area contributed by atoms with E-state index in [0.29, 0.717) is 0 Å². The van der Waals surface area contributed by atoms with E-state index >= 15 is 0 Å². The molecule has 0 heterocycles. The van der Waals surface area contributed by atoms with Gasteiger partial charge in [-0.1, -0.05) is 0 Å². The third kappa shape index (κ3) is 2.96. The molecule has 4 aromatic rings. The van der Waals surface area contributed by atoms with Gasteiger partial charge < -0.3 is 0 Å². The maximum absolute atomic E-state index is 2.44. The summed E-state index contributed by atoms with van der Waals surface area (Å²) >= 11 is 0. The molecule has 1 heteroatoms. The van der Waals surface area contributed by atoms with E-state index in [1.165, 1.54) is 43.5 Å². The topological polar surface area (TPSA) is 0 Å². The van der Waals surface area contributed by atoms with E-state index in [1.807, 2.05) is 0 Å². The third-order valence-electron chi connectivity index (χ3n) is 5.00. The van der Waals surface area contributed by atoms with Gasteiger partial charge in [0.25, 0.3) is 0 Å². The second-order valence-corrected chi connectivity index (χ2v) is 13.1. The van der Waals surface area contributed by atoms with Gasteiger partial charge in [-0.15, -0.1) is 0 Å². The van der Waals surface area contributed by atoms with Crippen molar-refractivity contribution in [2.45, 2.75) is 6.92 Å². The molecule has 0 saturated heterocycles. The Hall–Kier alpha value is -2.17. The average Bonchev–Trinajstić information content (AvgIpc) is 2.58. The van der Waals surface area contributed by atoms with E-state index in [0.717, 1.165) is 0 Å². The van der Waals surface area contributed by atoms with Gasteiger partial charge in [0.1, 0.15) is 0 Å². The number of hydrogen-bond donors (Lipinski definition) is 0. The van der Waals surface area contributed by atoms with Crippen LogP contribution in [0.2, 0.25) is 0 Å². The molecule has 0 saturated carbocycles. The van der Waals surface area contributed by atoms with Crippen LogP contribution in [0, 0.1) is 6.92 Å². The predicted octanol–water partition coefficient (Wildman–Crippen LogP) is 6.23. The first-order chi connectivity index (χ1) is 11.9. The first-order valence-electron chi connectivity index (χ1n) is 8.96. The summed E-state index contributed by atoms with van der Waals surface area (Å²) in [7, 11) is -1.36. The van der Waals surface area contributed by atoms with Crippen LogP contribution in [0.25, 0.3) is 32.7 Å². The van der Waals surface area contributed by atoms with Crippen molar-refractivity contribution in [1.82, 2.24) is 0 Å². The average molecular weight is 344 g/mol. The van der Waals surface area contributed by atoms with Gasteiger partial charge in [-0.3, -0.25) is 0 Å². The fraction of sp³-hybridized carbons (Fsp3) is 0.167. The van der Waals surface area contributed by atoms with Crippen molar-refractivity contribution in [3.8, 4) is 11.1 Å². The summed E-state index contributed by atoms with van der Waals surface area (Å²) < 4.78 is 0. The van der Waals surface area contributed by atoms with Gasteiger partial charge in [0.05, 0.1) is 0 Å². The minimum atomic E-state index is -1.36. The molecule has 0 atom stereocenters. The summed E-state index contributed by atoms with van der Waals surface area (Å²) in [4.78, 5) is 0. The molecule has 4 aromatic carbocycles. The summed E-state index contributed by atoms with van der Waals surface area (Å²) in [6.45, 7) is 9.49. The van der Waals surface area contributed by atoms with E-state index in [9.17, 15) is 0 Å². The van der Waals surface area contributed by atoms with Crippen LogP contribution >= 0.6 is 7.26 Å². The van der Waals surface area contributed by atoms with Crippen molar-refractivity contribution in [3.63, 3.8) is 0 Å². The Labute approximate surface area is 150 Å². The van der Waals surface area contributed by atoms with Crippen LogP contribution in [0.15, 0.2) is 72.8 Å². The summed E-state index contributed by atoms with van der Waals surface area (Å²) in [5.41, 5.74) is 4.08. The molecule has 25 heavy (non-hydrogen) atoms. The summed E-state index contributed by atoms with van der Waals surface area (Å²) in [6, 6.07) is 27.0. The van der Waals surface area contributed by atoms with Gasteiger partial charge in [0, 0.05) is 0 Å². The van der Waals surface area contributed by atoms with Gasteiger partial charge in [-0.25, -0.2) is 0 Å². The van der Waals surface area contributed by atoms with E-state index in [1.54, 1.807) is 0 Å². The van der Waals surface area contributed by atoms with Gasteiger partial charge in [-0.2, -0.15) is 0 Å². The molecule has 0 aliphatic carbocycles. The Morgan fingerprint density at radius 3 is 1.76 bits per heavy atom. The zero-order valence-electron chi connectivity index (χ0n) is 15.4. The van der Waals surface area contributed by atoms with Crippen molar-refractivity contribution in [1.29, 1.82) is 0 Å². The molecule has 0 N–H and O–H groups in total. The van der Waals surface area contributed by atoms with E-state index in [-0.39, 0.29) is 0 Å². The Kier molecular flexibility index (Phi) is 3.89. The molecule has 0 aliphatic heterocycles. The first-order valence-corrected chi connectivity index (χ1v) is 12.5. The van der Waals surface area contributed by atoms with Crippen LogP contribution in [-0.2, 0) is 0 Å². The Balaban J connectivity index is 2.14. The zero-order chi connectivity index (χ0) is 17.6. The SMILES string of the molecule is Cc1cc(-c2c3ccccc3cc3ccccc23)cc([PH](C)(C)C)c1. The molecule has 0 fully saturated rings. The maximum atomic E-state index is 2.44. The first kappa shape index (κ1) is 16.3. The van der Waals surface area contributed by atoms with Crippen LogP contribution < -0.4 is 5.30 Å². The molecular formula is C24H25P. The van der Waals surface area contributed by atoms with Gasteiger partial charge in [0.15, 0.2) is 0 Å². The molecule has 0 aliphatic rings. The molecule has 0 aromatic heterocycles. The molecule has 4 rings (SSSR count). The second kappa shape index (κ2) is 5.97. The number of fused-ring (bicyclic) bond motifs is 2.